The number of carbonyl (C=O) groups is 1. The number of phenols is 2. The second-order valence-electron chi connectivity index (χ2n) is 4.66. The molecule has 0 atom stereocenters. The first-order valence-electron chi connectivity index (χ1n) is 4.81. The van der Waals surface area contributed by atoms with Crippen LogP contribution in [0.1, 0.15) is 43.6 Å². The molecule has 0 aromatic heterocycles. The molecular formula is C12H16O3. The predicted molar refractivity (Wildman–Crippen MR) is 58.5 cm³/mol. The highest BCUT2D eigenvalue weighted by Gasteiger charge is 2.26. The number of aromatic hydroxyl groups is 2. The normalized spacial score (nSPS) is 11.5. The lowest BCUT2D eigenvalue weighted by Gasteiger charge is -2.23. The molecule has 0 radical (unpaired) electrons. The van der Waals surface area contributed by atoms with Gasteiger partial charge in [-0.2, -0.15) is 0 Å². The van der Waals surface area contributed by atoms with Crippen molar-refractivity contribution in [2.75, 3.05) is 0 Å². The summed E-state index contributed by atoms with van der Waals surface area (Å²) in [7, 11) is 0. The van der Waals surface area contributed by atoms with Crippen LogP contribution < -0.4 is 0 Å². The molecule has 0 bridgehead atoms. The Kier molecular flexibility index (Phi) is 2.75. The van der Waals surface area contributed by atoms with Crippen LogP contribution in [0.15, 0.2) is 12.1 Å². The molecule has 0 saturated carbocycles. The van der Waals surface area contributed by atoms with Crippen molar-refractivity contribution in [2.45, 2.75) is 33.1 Å². The minimum absolute atomic E-state index is 0.0468. The number of carbonyl (C=O) groups excluding carboxylic acids is 1. The van der Waals surface area contributed by atoms with Crippen LogP contribution >= 0.6 is 0 Å². The van der Waals surface area contributed by atoms with Crippen molar-refractivity contribution in [3.8, 4) is 11.5 Å². The molecule has 1 aromatic carbocycles. The summed E-state index contributed by atoms with van der Waals surface area (Å²) in [6.07, 6.45) is 0. The average Bonchev–Trinajstić information content (AvgIpc) is 2.05. The number of hydrogen-bond acceptors (Lipinski definition) is 3. The van der Waals surface area contributed by atoms with E-state index in [4.69, 9.17) is 0 Å². The summed E-state index contributed by atoms with van der Waals surface area (Å²) in [4.78, 5) is 11.4. The number of Topliss-reactive ketones (excluding diaryl/α,β-unsaturated/α-hetero) is 1. The molecule has 1 aromatic rings. The van der Waals surface area contributed by atoms with Crippen molar-refractivity contribution in [1.82, 2.24) is 0 Å². The van der Waals surface area contributed by atoms with Crippen molar-refractivity contribution < 1.29 is 15.0 Å². The highest BCUT2D eigenvalue weighted by Crippen LogP contribution is 2.37. The van der Waals surface area contributed by atoms with E-state index < -0.39 is 0 Å². The number of benzene rings is 1. The van der Waals surface area contributed by atoms with E-state index in [-0.39, 0.29) is 28.3 Å². The van der Waals surface area contributed by atoms with Gasteiger partial charge in [0, 0.05) is 5.56 Å². The largest absolute Gasteiger partial charge is 0.508 e. The quantitative estimate of drug-likeness (QED) is 0.551. The van der Waals surface area contributed by atoms with Gasteiger partial charge < -0.3 is 10.2 Å². The molecule has 82 valence electrons. The Morgan fingerprint density at radius 2 is 1.60 bits per heavy atom. The summed E-state index contributed by atoms with van der Waals surface area (Å²) in [6.45, 7) is 7.03. The molecule has 3 nitrogen and oxygen atoms in total. The Bertz CT molecular complexity index is 400. The van der Waals surface area contributed by atoms with Crippen molar-refractivity contribution in [2.24, 2.45) is 0 Å². The van der Waals surface area contributed by atoms with E-state index in [9.17, 15) is 15.0 Å². The van der Waals surface area contributed by atoms with Crippen LogP contribution in [0.4, 0.5) is 0 Å². The molecule has 3 heteroatoms. The second-order valence-corrected chi connectivity index (χ2v) is 4.66. The first kappa shape index (κ1) is 11.6. The van der Waals surface area contributed by atoms with Crippen molar-refractivity contribution in [1.29, 1.82) is 0 Å². The lowest BCUT2D eigenvalue weighted by molar-refractivity contribution is 0.101. The summed E-state index contributed by atoms with van der Waals surface area (Å²) >= 11 is 0. The number of ketones is 1. The fraction of sp³-hybridized carbons (Fsp3) is 0.417. The molecule has 0 aliphatic rings. The van der Waals surface area contributed by atoms with Crippen LogP contribution in [0.2, 0.25) is 0 Å². The number of phenolic OH excluding ortho intramolecular Hbond substituents is 2. The highest BCUT2D eigenvalue weighted by molar-refractivity contribution is 5.99. The smallest absolute Gasteiger partial charge is 0.163 e. The van der Waals surface area contributed by atoms with Crippen molar-refractivity contribution >= 4 is 5.78 Å². The number of rotatable bonds is 1. The zero-order chi connectivity index (χ0) is 11.8. The zero-order valence-corrected chi connectivity index (χ0v) is 9.46. The third kappa shape index (κ3) is 2.12. The molecule has 0 aliphatic carbocycles. The van der Waals surface area contributed by atoms with Gasteiger partial charge in [-0.25, -0.2) is 0 Å². The van der Waals surface area contributed by atoms with Crippen molar-refractivity contribution in [3.63, 3.8) is 0 Å². The van der Waals surface area contributed by atoms with Crippen molar-refractivity contribution in [3.05, 3.63) is 23.3 Å². The van der Waals surface area contributed by atoms with Gasteiger partial charge in [-0.1, -0.05) is 20.8 Å². The monoisotopic (exact) mass is 208 g/mol. The van der Waals surface area contributed by atoms with Gasteiger partial charge in [-0.3, -0.25) is 4.79 Å². The minimum atomic E-state index is -0.385. The Morgan fingerprint density at radius 1 is 1.13 bits per heavy atom. The molecule has 0 aliphatic heterocycles. The van der Waals surface area contributed by atoms with Crippen LogP contribution in [0.3, 0.4) is 0 Å². The van der Waals surface area contributed by atoms with Crippen LogP contribution in [-0.2, 0) is 5.41 Å². The second kappa shape index (κ2) is 3.57. The fourth-order valence-electron chi connectivity index (χ4n) is 1.70. The van der Waals surface area contributed by atoms with E-state index in [0.717, 1.165) is 0 Å². The van der Waals surface area contributed by atoms with Crippen LogP contribution in [-0.4, -0.2) is 16.0 Å². The van der Waals surface area contributed by atoms with E-state index in [0.29, 0.717) is 5.56 Å². The molecular weight excluding hydrogens is 192 g/mol. The molecule has 0 heterocycles. The van der Waals surface area contributed by atoms with Gasteiger partial charge in [0.2, 0.25) is 0 Å². The maximum Gasteiger partial charge on any atom is 0.163 e. The maximum atomic E-state index is 11.4. The van der Waals surface area contributed by atoms with Gasteiger partial charge in [0.25, 0.3) is 0 Å². The summed E-state index contributed by atoms with van der Waals surface area (Å²) in [5, 5.41) is 19.4. The van der Waals surface area contributed by atoms with Crippen LogP contribution in [0, 0.1) is 0 Å². The van der Waals surface area contributed by atoms with Gasteiger partial charge in [-0.05, 0) is 24.5 Å². The van der Waals surface area contributed by atoms with Gasteiger partial charge in [-0.15, -0.1) is 0 Å². The molecule has 15 heavy (non-hydrogen) atoms. The molecule has 1 rings (SSSR count). The van der Waals surface area contributed by atoms with Gasteiger partial charge in [0.15, 0.2) is 5.78 Å². The van der Waals surface area contributed by atoms with E-state index >= 15 is 0 Å². The molecule has 2 N–H and O–H groups in total. The Balaban J connectivity index is 3.60. The first-order valence-corrected chi connectivity index (χ1v) is 4.81. The summed E-state index contributed by atoms with van der Waals surface area (Å²) in [6, 6.07) is 2.74. The van der Waals surface area contributed by atoms with E-state index in [1.165, 1.54) is 19.1 Å². The van der Waals surface area contributed by atoms with Crippen LogP contribution in [0.25, 0.3) is 0 Å². The lowest BCUT2D eigenvalue weighted by Crippen LogP contribution is -2.16. The summed E-state index contributed by atoms with van der Waals surface area (Å²) in [5.74, 6) is -0.274. The van der Waals surface area contributed by atoms with Gasteiger partial charge >= 0.3 is 0 Å². The fourth-order valence-corrected chi connectivity index (χ4v) is 1.70. The maximum absolute atomic E-state index is 11.4. The zero-order valence-electron chi connectivity index (χ0n) is 9.46. The first-order chi connectivity index (χ1) is 6.75. The Hall–Kier alpha value is -1.51. The standard InChI is InChI=1S/C12H16O3/c1-7(13)10-8(14)5-6-9(15)11(10)12(2,3)4/h5-6,14-15H,1-4H3. The van der Waals surface area contributed by atoms with Gasteiger partial charge in [0.05, 0.1) is 5.56 Å². The molecule has 0 amide bonds. The molecule has 0 unspecified atom stereocenters. The highest BCUT2D eigenvalue weighted by atomic mass is 16.3. The minimum Gasteiger partial charge on any atom is -0.508 e. The topological polar surface area (TPSA) is 57.5 Å². The Morgan fingerprint density at radius 3 is 1.93 bits per heavy atom. The van der Waals surface area contributed by atoms with E-state index in [2.05, 4.69) is 0 Å². The molecule has 0 saturated heterocycles. The summed E-state index contributed by atoms with van der Waals surface area (Å²) in [5.41, 5.74) is 0.321. The van der Waals surface area contributed by atoms with Crippen LogP contribution in [0.5, 0.6) is 11.5 Å². The summed E-state index contributed by atoms with van der Waals surface area (Å²) < 4.78 is 0. The third-order valence-electron chi connectivity index (χ3n) is 2.26. The molecule has 0 spiro atoms. The predicted octanol–water partition coefficient (Wildman–Crippen LogP) is 2.60. The molecule has 0 fully saturated rings. The lowest BCUT2D eigenvalue weighted by atomic mass is 9.81. The van der Waals surface area contributed by atoms with Gasteiger partial charge in [0.1, 0.15) is 11.5 Å². The number of hydrogen-bond donors (Lipinski definition) is 2. The third-order valence-corrected chi connectivity index (χ3v) is 2.26. The average molecular weight is 208 g/mol. The van der Waals surface area contributed by atoms with E-state index in [1.54, 1.807) is 0 Å². The SMILES string of the molecule is CC(=O)c1c(O)ccc(O)c1C(C)(C)C. The van der Waals surface area contributed by atoms with E-state index in [1.807, 2.05) is 20.8 Å². The Labute approximate surface area is 89.4 Å².